The zero-order chi connectivity index (χ0) is 12.4. The summed E-state index contributed by atoms with van der Waals surface area (Å²) >= 11 is 0. The van der Waals surface area contributed by atoms with E-state index in [1.807, 2.05) is 0 Å². The van der Waals surface area contributed by atoms with Crippen LogP contribution in [-0.4, -0.2) is 27.1 Å². The molecule has 1 aromatic carbocycles. The maximum atomic E-state index is 9.11. The van der Waals surface area contributed by atoms with Gasteiger partial charge in [-0.3, -0.25) is 0 Å². The molecule has 0 atom stereocenters. The van der Waals surface area contributed by atoms with Crippen molar-refractivity contribution >= 4 is 23.5 Å². The van der Waals surface area contributed by atoms with Crippen molar-refractivity contribution in [2.45, 2.75) is 13.1 Å². The second kappa shape index (κ2) is 4.76. The van der Waals surface area contributed by atoms with Crippen LogP contribution in [0.4, 0.5) is 0 Å². The van der Waals surface area contributed by atoms with E-state index >= 15 is 0 Å². The summed E-state index contributed by atoms with van der Waals surface area (Å²) in [5.41, 5.74) is 12.8. The summed E-state index contributed by atoms with van der Waals surface area (Å²) in [5, 5.41) is 18.9. The molecular formula is C10H13BN4O2. The van der Waals surface area contributed by atoms with E-state index in [1.54, 1.807) is 18.2 Å². The number of fused-ring (bicyclic) bond motifs is 1. The van der Waals surface area contributed by atoms with Crippen molar-refractivity contribution < 1.29 is 10.0 Å². The molecule has 0 aliphatic rings. The van der Waals surface area contributed by atoms with Crippen LogP contribution >= 0.6 is 0 Å². The fourth-order valence-electron chi connectivity index (χ4n) is 1.67. The number of hydrogen-bond acceptors (Lipinski definition) is 6. The molecule has 88 valence electrons. The summed E-state index contributed by atoms with van der Waals surface area (Å²) in [7, 11) is -1.51. The van der Waals surface area contributed by atoms with Crippen LogP contribution in [0.5, 0.6) is 0 Å². The van der Waals surface area contributed by atoms with Gasteiger partial charge in [0.05, 0.1) is 17.8 Å². The van der Waals surface area contributed by atoms with E-state index < -0.39 is 7.12 Å². The Hall–Kier alpha value is -1.54. The highest BCUT2D eigenvalue weighted by atomic mass is 16.4. The first-order valence-electron chi connectivity index (χ1n) is 5.21. The largest absolute Gasteiger partial charge is 0.488 e. The van der Waals surface area contributed by atoms with E-state index in [1.165, 1.54) is 0 Å². The third-order valence-electron chi connectivity index (χ3n) is 2.52. The highest BCUT2D eigenvalue weighted by Crippen LogP contribution is 2.14. The molecule has 0 radical (unpaired) electrons. The second-order valence-corrected chi connectivity index (χ2v) is 3.65. The number of aromatic nitrogens is 2. The Labute approximate surface area is 98.4 Å². The molecule has 0 bridgehead atoms. The molecule has 6 nitrogen and oxygen atoms in total. The molecule has 0 spiro atoms. The Balaban J connectivity index is 2.67. The predicted molar refractivity (Wildman–Crippen MR) is 65.1 cm³/mol. The topological polar surface area (TPSA) is 118 Å². The molecule has 1 heterocycles. The van der Waals surface area contributed by atoms with Gasteiger partial charge in [-0.15, -0.1) is 0 Å². The van der Waals surface area contributed by atoms with E-state index in [4.69, 9.17) is 21.5 Å². The van der Waals surface area contributed by atoms with Crippen molar-refractivity contribution in [1.29, 1.82) is 0 Å². The molecule has 6 N–H and O–H groups in total. The van der Waals surface area contributed by atoms with Crippen LogP contribution in [0.3, 0.4) is 0 Å². The molecule has 0 aliphatic heterocycles. The Bertz CT molecular complexity index is 547. The van der Waals surface area contributed by atoms with E-state index in [0.29, 0.717) is 22.5 Å². The average molecular weight is 232 g/mol. The van der Waals surface area contributed by atoms with Crippen LogP contribution in [0.1, 0.15) is 11.5 Å². The van der Waals surface area contributed by atoms with Gasteiger partial charge in [0.15, 0.2) is 0 Å². The van der Waals surface area contributed by atoms with Crippen molar-refractivity contribution in [3.8, 4) is 0 Å². The summed E-state index contributed by atoms with van der Waals surface area (Å²) in [4.78, 5) is 8.46. The van der Waals surface area contributed by atoms with E-state index in [9.17, 15) is 0 Å². The van der Waals surface area contributed by atoms with Crippen molar-refractivity contribution in [2.75, 3.05) is 0 Å². The Morgan fingerprint density at radius 3 is 2.47 bits per heavy atom. The number of nitrogens with two attached hydrogens (primary N) is 2. The standard InChI is InChI=1S/C10H13BN4O2/c12-4-9-7-3-6(11(16)17)1-2-8(7)14-10(5-13)15-9/h1-3,16-17H,4-5,12-13H2. The lowest BCUT2D eigenvalue weighted by Crippen LogP contribution is -2.29. The summed E-state index contributed by atoms with van der Waals surface area (Å²) in [6.07, 6.45) is 0. The highest BCUT2D eigenvalue weighted by molar-refractivity contribution is 6.58. The summed E-state index contributed by atoms with van der Waals surface area (Å²) < 4.78 is 0. The van der Waals surface area contributed by atoms with Crippen molar-refractivity contribution in [2.24, 2.45) is 11.5 Å². The van der Waals surface area contributed by atoms with E-state index in [2.05, 4.69) is 9.97 Å². The van der Waals surface area contributed by atoms with Gasteiger partial charge in [0.2, 0.25) is 0 Å². The minimum Gasteiger partial charge on any atom is -0.423 e. The quantitative estimate of drug-likeness (QED) is 0.465. The number of nitrogens with zero attached hydrogens (tertiary/aromatic N) is 2. The fourth-order valence-corrected chi connectivity index (χ4v) is 1.67. The molecule has 0 saturated carbocycles. The van der Waals surface area contributed by atoms with Gasteiger partial charge in [0, 0.05) is 11.9 Å². The smallest absolute Gasteiger partial charge is 0.423 e. The Morgan fingerprint density at radius 2 is 1.88 bits per heavy atom. The SMILES string of the molecule is NCc1nc(CN)c2cc(B(O)O)ccc2n1. The zero-order valence-electron chi connectivity index (χ0n) is 9.17. The molecule has 1 aromatic heterocycles. The number of benzene rings is 1. The number of rotatable bonds is 3. The zero-order valence-corrected chi connectivity index (χ0v) is 9.17. The van der Waals surface area contributed by atoms with Gasteiger partial charge < -0.3 is 21.5 Å². The van der Waals surface area contributed by atoms with Crippen LogP contribution in [-0.2, 0) is 13.1 Å². The van der Waals surface area contributed by atoms with Gasteiger partial charge in [0.1, 0.15) is 5.82 Å². The van der Waals surface area contributed by atoms with Crippen LogP contribution < -0.4 is 16.9 Å². The molecule has 0 fully saturated rings. The molecule has 0 unspecified atom stereocenters. The minimum absolute atomic E-state index is 0.243. The maximum absolute atomic E-state index is 9.11. The first-order valence-corrected chi connectivity index (χ1v) is 5.21. The molecule has 7 heteroatoms. The summed E-state index contributed by atoms with van der Waals surface area (Å²) in [5.74, 6) is 0.523. The minimum atomic E-state index is -1.51. The summed E-state index contributed by atoms with van der Waals surface area (Å²) in [6.45, 7) is 0.490. The van der Waals surface area contributed by atoms with Gasteiger partial charge in [-0.25, -0.2) is 9.97 Å². The van der Waals surface area contributed by atoms with Crippen molar-refractivity contribution in [3.05, 3.63) is 29.7 Å². The Kier molecular flexibility index (Phi) is 3.34. The fraction of sp³-hybridized carbons (Fsp3) is 0.200. The maximum Gasteiger partial charge on any atom is 0.488 e. The van der Waals surface area contributed by atoms with Crippen LogP contribution in [0.15, 0.2) is 18.2 Å². The number of hydrogen-bond donors (Lipinski definition) is 4. The van der Waals surface area contributed by atoms with Gasteiger partial charge in [-0.05, 0) is 11.5 Å². The van der Waals surface area contributed by atoms with E-state index in [-0.39, 0.29) is 13.1 Å². The highest BCUT2D eigenvalue weighted by Gasteiger charge is 2.13. The molecule has 2 aromatic rings. The molecule has 17 heavy (non-hydrogen) atoms. The second-order valence-electron chi connectivity index (χ2n) is 3.65. The lowest BCUT2D eigenvalue weighted by Gasteiger charge is -2.07. The molecule has 2 rings (SSSR count). The van der Waals surface area contributed by atoms with Gasteiger partial charge in [-0.1, -0.05) is 12.1 Å². The predicted octanol–water partition coefficient (Wildman–Crippen LogP) is -1.77. The lowest BCUT2D eigenvalue weighted by atomic mass is 9.79. The third-order valence-corrected chi connectivity index (χ3v) is 2.52. The monoisotopic (exact) mass is 232 g/mol. The normalized spacial score (nSPS) is 10.8. The first-order chi connectivity index (χ1) is 8.15. The lowest BCUT2D eigenvalue weighted by molar-refractivity contribution is 0.426. The third kappa shape index (κ3) is 2.27. The van der Waals surface area contributed by atoms with Crippen LogP contribution in [0, 0.1) is 0 Å². The molecule has 0 amide bonds. The van der Waals surface area contributed by atoms with Gasteiger partial charge in [0.25, 0.3) is 0 Å². The van der Waals surface area contributed by atoms with Gasteiger partial charge >= 0.3 is 7.12 Å². The van der Waals surface area contributed by atoms with Crippen LogP contribution in [0.25, 0.3) is 10.9 Å². The molecule has 0 saturated heterocycles. The Morgan fingerprint density at radius 1 is 1.12 bits per heavy atom. The molecule has 0 aliphatic carbocycles. The van der Waals surface area contributed by atoms with Gasteiger partial charge in [-0.2, -0.15) is 0 Å². The first kappa shape index (κ1) is 11.9. The average Bonchev–Trinajstić information content (AvgIpc) is 2.36. The molecular weight excluding hydrogens is 219 g/mol. The summed E-state index contributed by atoms with van der Waals surface area (Å²) in [6, 6.07) is 4.92. The van der Waals surface area contributed by atoms with Crippen molar-refractivity contribution in [3.63, 3.8) is 0 Å². The van der Waals surface area contributed by atoms with Crippen molar-refractivity contribution in [1.82, 2.24) is 9.97 Å². The van der Waals surface area contributed by atoms with Crippen LogP contribution in [0.2, 0.25) is 0 Å². The van der Waals surface area contributed by atoms with E-state index in [0.717, 1.165) is 5.39 Å².